The number of hydrogen-bond acceptors (Lipinski definition) is 6. The van der Waals surface area contributed by atoms with Crippen LogP contribution in [0.1, 0.15) is 12.8 Å². The maximum Gasteiger partial charge on any atom is 0.254 e. The molecular weight excluding hydrogens is 286 g/mol. The lowest BCUT2D eigenvalue weighted by Gasteiger charge is -2.32. The molecule has 0 spiro atoms. The van der Waals surface area contributed by atoms with Gasteiger partial charge in [0, 0.05) is 32.8 Å². The van der Waals surface area contributed by atoms with E-state index in [0.717, 1.165) is 38.2 Å². The number of piperazine rings is 1. The molecule has 2 amide bonds. The highest BCUT2D eigenvalue weighted by molar-refractivity contribution is 5.93. The molecule has 2 saturated heterocycles. The number of carbonyl (C=O) groups excluding carboxylic acids is 2. The molecule has 8 heteroatoms. The van der Waals surface area contributed by atoms with Crippen LogP contribution in [0.15, 0.2) is 12.1 Å². The first kappa shape index (κ1) is 14.7. The van der Waals surface area contributed by atoms with Gasteiger partial charge in [-0.3, -0.25) is 9.59 Å². The first-order valence-corrected chi connectivity index (χ1v) is 7.47. The van der Waals surface area contributed by atoms with Gasteiger partial charge in [-0.05, 0) is 25.0 Å². The van der Waals surface area contributed by atoms with Crippen LogP contribution in [-0.4, -0.2) is 66.3 Å². The molecule has 0 aromatic carbocycles. The van der Waals surface area contributed by atoms with Crippen molar-refractivity contribution in [3.63, 3.8) is 0 Å². The van der Waals surface area contributed by atoms with Crippen LogP contribution in [0.25, 0.3) is 0 Å². The zero-order chi connectivity index (χ0) is 15.4. The SMILES string of the molecule is O=CN1CCN(c2ccc(NC(=O)C3CCCO3)nn2)CC1. The molecule has 3 heterocycles. The van der Waals surface area contributed by atoms with Crippen molar-refractivity contribution in [1.29, 1.82) is 0 Å². The Hall–Kier alpha value is -2.22. The molecule has 2 aliphatic heterocycles. The Morgan fingerprint density at radius 1 is 1.27 bits per heavy atom. The van der Waals surface area contributed by atoms with Crippen molar-refractivity contribution >= 4 is 24.0 Å². The smallest absolute Gasteiger partial charge is 0.254 e. The second-order valence-corrected chi connectivity index (χ2v) is 5.40. The van der Waals surface area contributed by atoms with Gasteiger partial charge in [0.15, 0.2) is 11.6 Å². The molecule has 1 aromatic heterocycles. The summed E-state index contributed by atoms with van der Waals surface area (Å²) in [5, 5.41) is 10.9. The largest absolute Gasteiger partial charge is 0.368 e. The number of ether oxygens (including phenoxy) is 1. The van der Waals surface area contributed by atoms with Gasteiger partial charge in [0.05, 0.1) is 0 Å². The van der Waals surface area contributed by atoms with Crippen LogP contribution in [0.3, 0.4) is 0 Å². The number of rotatable bonds is 4. The van der Waals surface area contributed by atoms with Gasteiger partial charge in [0.1, 0.15) is 6.10 Å². The second kappa shape index (κ2) is 6.69. The number of hydrogen-bond donors (Lipinski definition) is 1. The predicted molar refractivity (Wildman–Crippen MR) is 79.5 cm³/mol. The third-order valence-electron chi connectivity index (χ3n) is 3.91. The lowest BCUT2D eigenvalue weighted by molar-refractivity contribution is -0.124. The third kappa shape index (κ3) is 3.33. The Kier molecular flexibility index (Phi) is 4.47. The van der Waals surface area contributed by atoms with Crippen molar-refractivity contribution in [3.8, 4) is 0 Å². The van der Waals surface area contributed by atoms with E-state index in [1.165, 1.54) is 0 Å². The monoisotopic (exact) mass is 305 g/mol. The van der Waals surface area contributed by atoms with Crippen molar-refractivity contribution in [2.24, 2.45) is 0 Å². The van der Waals surface area contributed by atoms with Crippen LogP contribution in [0.2, 0.25) is 0 Å². The number of nitrogens with one attached hydrogen (secondary N) is 1. The van der Waals surface area contributed by atoms with Gasteiger partial charge in [0.2, 0.25) is 6.41 Å². The van der Waals surface area contributed by atoms with E-state index in [0.29, 0.717) is 25.5 Å². The summed E-state index contributed by atoms with van der Waals surface area (Å²) in [4.78, 5) is 26.4. The Balaban J connectivity index is 1.56. The quantitative estimate of drug-likeness (QED) is 0.780. The number of carbonyl (C=O) groups is 2. The highest BCUT2D eigenvalue weighted by Crippen LogP contribution is 2.16. The molecule has 0 saturated carbocycles. The van der Waals surface area contributed by atoms with Crippen molar-refractivity contribution in [2.75, 3.05) is 43.0 Å². The third-order valence-corrected chi connectivity index (χ3v) is 3.91. The van der Waals surface area contributed by atoms with E-state index in [1.54, 1.807) is 11.0 Å². The Morgan fingerprint density at radius 2 is 2.09 bits per heavy atom. The van der Waals surface area contributed by atoms with Gasteiger partial charge in [-0.15, -0.1) is 10.2 Å². The molecule has 3 rings (SSSR count). The molecule has 8 nitrogen and oxygen atoms in total. The van der Waals surface area contributed by atoms with Crippen molar-refractivity contribution in [2.45, 2.75) is 18.9 Å². The molecule has 118 valence electrons. The molecule has 0 aliphatic carbocycles. The van der Waals surface area contributed by atoms with E-state index in [1.807, 2.05) is 6.07 Å². The average Bonchev–Trinajstić information content (AvgIpc) is 3.10. The first-order chi connectivity index (χ1) is 10.8. The first-order valence-electron chi connectivity index (χ1n) is 7.47. The summed E-state index contributed by atoms with van der Waals surface area (Å²) in [6.07, 6.45) is 2.15. The minimum absolute atomic E-state index is 0.167. The zero-order valence-electron chi connectivity index (χ0n) is 12.3. The Morgan fingerprint density at radius 3 is 2.68 bits per heavy atom. The minimum atomic E-state index is -0.377. The number of amides is 2. The number of aromatic nitrogens is 2. The van der Waals surface area contributed by atoms with Crippen molar-refractivity contribution in [1.82, 2.24) is 15.1 Å². The summed E-state index contributed by atoms with van der Waals surface area (Å²) in [6, 6.07) is 3.57. The van der Waals surface area contributed by atoms with E-state index < -0.39 is 0 Å². The molecule has 0 radical (unpaired) electrons. The van der Waals surface area contributed by atoms with E-state index in [-0.39, 0.29) is 12.0 Å². The molecule has 22 heavy (non-hydrogen) atoms. The fourth-order valence-corrected chi connectivity index (χ4v) is 2.61. The molecule has 0 bridgehead atoms. The molecule has 1 N–H and O–H groups in total. The van der Waals surface area contributed by atoms with Crippen LogP contribution in [0, 0.1) is 0 Å². The maximum atomic E-state index is 11.9. The molecular formula is C14H19N5O3. The molecule has 1 unspecified atom stereocenters. The van der Waals surface area contributed by atoms with E-state index in [4.69, 9.17) is 4.74 Å². The fraction of sp³-hybridized carbons (Fsp3) is 0.571. The van der Waals surface area contributed by atoms with Gasteiger partial charge in [-0.1, -0.05) is 0 Å². The van der Waals surface area contributed by atoms with Crippen molar-refractivity contribution in [3.05, 3.63) is 12.1 Å². The topological polar surface area (TPSA) is 87.7 Å². The van der Waals surface area contributed by atoms with E-state index >= 15 is 0 Å². The van der Waals surface area contributed by atoms with Crippen LogP contribution >= 0.6 is 0 Å². The lowest BCUT2D eigenvalue weighted by Crippen LogP contribution is -2.46. The Labute approximate surface area is 128 Å². The van der Waals surface area contributed by atoms with Gasteiger partial charge in [-0.2, -0.15) is 0 Å². The summed E-state index contributed by atoms with van der Waals surface area (Å²) in [7, 11) is 0. The van der Waals surface area contributed by atoms with Gasteiger partial charge >= 0.3 is 0 Å². The highest BCUT2D eigenvalue weighted by Gasteiger charge is 2.24. The molecule has 2 fully saturated rings. The summed E-state index contributed by atoms with van der Waals surface area (Å²) >= 11 is 0. The standard InChI is InChI=1S/C14H19N5O3/c20-10-18-5-7-19(8-6-18)13-4-3-12(16-17-13)15-14(21)11-2-1-9-22-11/h3-4,10-11H,1-2,5-9H2,(H,15,16,21). The van der Waals surface area contributed by atoms with Gasteiger partial charge in [-0.25, -0.2) is 0 Å². The summed E-state index contributed by atoms with van der Waals surface area (Å²) < 4.78 is 5.32. The lowest BCUT2D eigenvalue weighted by atomic mass is 10.2. The number of anilines is 2. The summed E-state index contributed by atoms with van der Waals surface area (Å²) in [6.45, 7) is 3.46. The normalized spacial score (nSPS) is 21.7. The van der Waals surface area contributed by atoms with Crippen LogP contribution in [-0.2, 0) is 14.3 Å². The number of nitrogens with zero attached hydrogens (tertiary/aromatic N) is 4. The maximum absolute atomic E-state index is 11.9. The van der Waals surface area contributed by atoms with E-state index in [9.17, 15) is 9.59 Å². The molecule has 2 aliphatic rings. The zero-order valence-corrected chi connectivity index (χ0v) is 12.3. The Bertz CT molecular complexity index is 522. The minimum Gasteiger partial charge on any atom is -0.368 e. The van der Waals surface area contributed by atoms with Crippen LogP contribution in [0.5, 0.6) is 0 Å². The predicted octanol–water partition coefficient (Wildman–Crippen LogP) is -0.127. The van der Waals surface area contributed by atoms with Gasteiger partial charge in [0.25, 0.3) is 5.91 Å². The second-order valence-electron chi connectivity index (χ2n) is 5.40. The van der Waals surface area contributed by atoms with Gasteiger partial charge < -0.3 is 19.9 Å². The van der Waals surface area contributed by atoms with Crippen LogP contribution in [0.4, 0.5) is 11.6 Å². The summed E-state index contributed by atoms with van der Waals surface area (Å²) in [5.74, 6) is 1.01. The fourth-order valence-electron chi connectivity index (χ4n) is 2.61. The van der Waals surface area contributed by atoms with E-state index in [2.05, 4.69) is 20.4 Å². The average molecular weight is 305 g/mol. The summed E-state index contributed by atoms with van der Waals surface area (Å²) in [5.41, 5.74) is 0. The van der Waals surface area contributed by atoms with Crippen molar-refractivity contribution < 1.29 is 14.3 Å². The highest BCUT2D eigenvalue weighted by atomic mass is 16.5. The molecule has 1 aromatic rings. The van der Waals surface area contributed by atoms with Crippen LogP contribution < -0.4 is 10.2 Å². The molecule has 1 atom stereocenters.